The van der Waals surface area contributed by atoms with Gasteiger partial charge in [0, 0.05) is 18.3 Å². The van der Waals surface area contributed by atoms with Gasteiger partial charge in [0.2, 0.25) is 6.10 Å². The predicted octanol–water partition coefficient (Wildman–Crippen LogP) is 2.80. The Kier molecular flexibility index (Phi) is 4.08. The summed E-state index contributed by atoms with van der Waals surface area (Å²) in [5.74, 6) is 1.03. The summed E-state index contributed by atoms with van der Waals surface area (Å²) in [7, 11) is 0. The Bertz CT molecular complexity index is 859. The number of carbonyl (C=O) groups is 1. The number of rotatable bonds is 4. The molecule has 0 saturated heterocycles. The van der Waals surface area contributed by atoms with E-state index in [-0.39, 0.29) is 12.5 Å². The van der Waals surface area contributed by atoms with Gasteiger partial charge in [-0.05, 0) is 29.8 Å². The van der Waals surface area contributed by atoms with Crippen LogP contribution in [-0.4, -0.2) is 23.6 Å². The summed E-state index contributed by atoms with van der Waals surface area (Å²) in [6.07, 6.45) is 4.32. The first-order valence-corrected chi connectivity index (χ1v) is 7.93. The maximum atomic E-state index is 12.3. The number of hydrogen-bond donors (Lipinski definition) is 1. The number of furan rings is 1. The lowest BCUT2D eigenvalue weighted by atomic mass is 10.2. The maximum Gasteiger partial charge on any atom is 0.264 e. The highest BCUT2D eigenvalue weighted by Crippen LogP contribution is 2.30. The van der Waals surface area contributed by atoms with Crippen molar-refractivity contribution in [1.82, 2.24) is 10.3 Å². The lowest BCUT2D eigenvalue weighted by molar-refractivity contribution is -0.130. The Balaban J connectivity index is 1.35. The zero-order chi connectivity index (χ0) is 17.1. The van der Waals surface area contributed by atoms with Crippen molar-refractivity contribution in [3.05, 3.63) is 66.8 Å². The van der Waals surface area contributed by atoms with Crippen LogP contribution in [-0.2, 0) is 11.3 Å². The molecule has 1 atom stereocenters. The average molecular weight is 336 g/mol. The fourth-order valence-electron chi connectivity index (χ4n) is 2.56. The third kappa shape index (κ3) is 3.33. The van der Waals surface area contributed by atoms with Crippen LogP contribution in [0.1, 0.15) is 5.56 Å². The van der Waals surface area contributed by atoms with Crippen molar-refractivity contribution in [2.75, 3.05) is 6.61 Å². The number of hydrogen-bond acceptors (Lipinski definition) is 5. The molecule has 6 heteroatoms. The average Bonchev–Trinajstić information content (AvgIpc) is 3.21. The smallest absolute Gasteiger partial charge is 0.264 e. The monoisotopic (exact) mass is 336 g/mol. The van der Waals surface area contributed by atoms with E-state index in [2.05, 4.69) is 10.3 Å². The predicted molar refractivity (Wildman–Crippen MR) is 90.1 cm³/mol. The molecule has 1 aliphatic rings. The number of para-hydroxylation sites is 2. The Labute approximate surface area is 144 Å². The highest BCUT2D eigenvalue weighted by atomic mass is 16.6. The molecule has 4 rings (SSSR count). The highest BCUT2D eigenvalue weighted by Gasteiger charge is 2.26. The number of nitrogens with one attached hydrogen (secondary N) is 1. The second-order valence-electron chi connectivity index (χ2n) is 5.65. The van der Waals surface area contributed by atoms with Crippen molar-refractivity contribution in [3.63, 3.8) is 0 Å². The number of aromatic nitrogens is 1. The van der Waals surface area contributed by atoms with E-state index in [1.54, 1.807) is 24.8 Å². The second kappa shape index (κ2) is 6.68. The molecular weight excluding hydrogens is 320 g/mol. The molecule has 6 nitrogen and oxygen atoms in total. The minimum Gasteiger partial charge on any atom is -0.485 e. The molecule has 0 saturated carbocycles. The van der Waals surface area contributed by atoms with Crippen LogP contribution in [0.2, 0.25) is 0 Å². The van der Waals surface area contributed by atoms with Crippen molar-refractivity contribution >= 4 is 5.91 Å². The van der Waals surface area contributed by atoms with E-state index in [0.717, 1.165) is 16.8 Å². The summed E-state index contributed by atoms with van der Waals surface area (Å²) in [4.78, 5) is 16.7. The van der Waals surface area contributed by atoms with Crippen molar-refractivity contribution in [2.24, 2.45) is 0 Å². The zero-order valence-electron chi connectivity index (χ0n) is 13.3. The number of carbonyl (C=O) groups excluding carboxylic acids is 1. The van der Waals surface area contributed by atoms with Crippen LogP contribution in [0, 0.1) is 0 Å². The molecule has 3 aromatic rings. The minimum atomic E-state index is -0.659. The van der Waals surface area contributed by atoms with Gasteiger partial charge in [-0.1, -0.05) is 18.2 Å². The SMILES string of the molecule is O=C(NCc1ccc(-c2ccoc2)nc1)C1COc2ccccc2O1. The van der Waals surface area contributed by atoms with Crippen molar-refractivity contribution in [2.45, 2.75) is 12.6 Å². The van der Waals surface area contributed by atoms with Crippen LogP contribution in [0.5, 0.6) is 11.5 Å². The van der Waals surface area contributed by atoms with Gasteiger partial charge >= 0.3 is 0 Å². The number of nitrogens with zero attached hydrogens (tertiary/aromatic N) is 1. The molecule has 3 heterocycles. The molecule has 0 radical (unpaired) electrons. The molecule has 1 aliphatic heterocycles. The van der Waals surface area contributed by atoms with Gasteiger partial charge < -0.3 is 19.2 Å². The lowest BCUT2D eigenvalue weighted by Gasteiger charge is -2.25. The van der Waals surface area contributed by atoms with Gasteiger partial charge in [0.1, 0.15) is 6.61 Å². The van der Waals surface area contributed by atoms with Crippen molar-refractivity contribution in [3.8, 4) is 22.8 Å². The van der Waals surface area contributed by atoms with E-state index in [1.807, 2.05) is 36.4 Å². The highest BCUT2D eigenvalue weighted by molar-refractivity contribution is 5.81. The number of ether oxygens (including phenoxy) is 2. The van der Waals surface area contributed by atoms with Crippen molar-refractivity contribution < 1.29 is 18.7 Å². The molecule has 1 amide bonds. The summed E-state index contributed by atoms with van der Waals surface area (Å²) in [6.45, 7) is 0.569. The number of pyridine rings is 1. The number of amides is 1. The Hall–Kier alpha value is -3.28. The standard InChI is InChI=1S/C19H16N2O4/c22-19(18-12-24-16-3-1-2-4-17(16)25-18)21-10-13-5-6-15(20-9-13)14-7-8-23-11-14/h1-9,11,18H,10,12H2,(H,21,22). The number of benzene rings is 1. The van der Waals surface area contributed by atoms with E-state index in [0.29, 0.717) is 18.0 Å². The summed E-state index contributed by atoms with van der Waals surface area (Å²) >= 11 is 0. The quantitative estimate of drug-likeness (QED) is 0.793. The van der Waals surface area contributed by atoms with E-state index >= 15 is 0 Å². The molecule has 0 bridgehead atoms. The van der Waals surface area contributed by atoms with Gasteiger partial charge in [-0.15, -0.1) is 0 Å². The van der Waals surface area contributed by atoms with Gasteiger partial charge in [-0.25, -0.2) is 0 Å². The molecule has 1 unspecified atom stereocenters. The summed E-state index contributed by atoms with van der Waals surface area (Å²) in [6, 6.07) is 13.0. The van der Waals surface area contributed by atoms with E-state index in [4.69, 9.17) is 13.9 Å². The van der Waals surface area contributed by atoms with Crippen molar-refractivity contribution in [1.29, 1.82) is 0 Å². The summed E-state index contributed by atoms with van der Waals surface area (Å²) < 4.78 is 16.3. The van der Waals surface area contributed by atoms with Gasteiger partial charge in [0.25, 0.3) is 5.91 Å². The van der Waals surface area contributed by atoms with E-state index in [9.17, 15) is 4.79 Å². The molecule has 0 aliphatic carbocycles. The maximum absolute atomic E-state index is 12.3. The first kappa shape index (κ1) is 15.3. The third-order valence-corrected chi connectivity index (χ3v) is 3.91. The van der Waals surface area contributed by atoms with Crippen LogP contribution in [0.15, 0.2) is 65.6 Å². The second-order valence-corrected chi connectivity index (χ2v) is 5.65. The molecule has 2 aromatic heterocycles. The van der Waals surface area contributed by atoms with Gasteiger partial charge in [-0.2, -0.15) is 0 Å². The summed E-state index contributed by atoms with van der Waals surface area (Å²) in [5, 5.41) is 2.85. The fourth-order valence-corrected chi connectivity index (χ4v) is 2.56. The molecule has 0 spiro atoms. The fraction of sp³-hybridized carbons (Fsp3) is 0.158. The van der Waals surface area contributed by atoms with Crippen LogP contribution >= 0.6 is 0 Å². The van der Waals surface area contributed by atoms with Gasteiger partial charge in [0.05, 0.1) is 18.2 Å². The summed E-state index contributed by atoms with van der Waals surface area (Å²) in [5.41, 5.74) is 2.64. The Morgan fingerprint density at radius 3 is 2.80 bits per heavy atom. The van der Waals surface area contributed by atoms with E-state index in [1.165, 1.54) is 0 Å². The van der Waals surface area contributed by atoms with Gasteiger partial charge in [-0.3, -0.25) is 9.78 Å². The van der Waals surface area contributed by atoms with E-state index < -0.39 is 6.10 Å². The van der Waals surface area contributed by atoms with Crippen LogP contribution in [0.25, 0.3) is 11.3 Å². The number of fused-ring (bicyclic) bond motifs is 1. The van der Waals surface area contributed by atoms with Crippen LogP contribution < -0.4 is 14.8 Å². The topological polar surface area (TPSA) is 73.6 Å². The first-order valence-electron chi connectivity index (χ1n) is 7.93. The Morgan fingerprint density at radius 2 is 2.04 bits per heavy atom. The minimum absolute atomic E-state index is 0.195. The molecule has 25 heavy (non-hydrogen) atoms. The normalized spacial score (nSPS) is 15.6. The largest absolute Gasteiger partial charge is 0.485 e. The molecular formula is C19H16N2O4. The first-order chi connectivity index (χ1) is 12.3. The molecule has 126 valence electrons. The Morgan fingerprint density at radius 1 is 1.16 bits per heavy atom. The van der Waals surface area contributed by atoms with Gasteiger partial charge in [0.15, 0.2) is 11.5 Å². The zero-order valence-corrected chi connectivity index (χ0v) is 13.3. The molecule has 0 fully saturated rings. The van der Waals surface area contributed by atoms with Crippen LogP contribution in [0.3, 0.4) is 0 Å². The van der Waals surface area contributed by atoms with Crippen LogP contribution in [0.4, 0.5) is 0 Å². The molecule has 1 aromatic carbocycles. The molecule has 1 N–H and O–H groups in total. The third-order valence-electron chi connectivity index (χ3n) is 3.91. The lowest BCUT2D eigenvalue weighted by Crippen LogP contribution is -2.43.